The number of thioether (sulfide) groups is 1. The first-order valence-corrected chi connectivity index (χ1v) is 8.32. The highest BCUT2D eigenvalue weighted by molar-refractivity contribution is 8.04. The third-order valence-electron chi connectivity index (χ3n) is 3.79. The Kier molecular flexibility index (Phi) is 4.42. The first kappa shape index (κ1) is 16.7. The molecule has 24 heavy (non-hydrogen) atoms. The number of hydrogen-bond donors (Lipinski definition) is 2. The molecule has 1 unspecified atom stereocenters. The predicted octanol–water partition coefficient (Wildman–Crippen LogP) is 1.66. The lowest BCUT2D eigenvalue weighted by atomic mass is 10.0. The Bertz CT molecular complexity index is 771. The minimum absolute atomic E-state index is 0.00697. The van der Waals surface area contributed by atoms with Gasteiger partial charge in [-0.1, -0.05) is 23.4 Å². The molecular formula is C15H13ClN2O5S. The molecule has 3 rings (SSSR count). The number of carboxylic acid groups (broad SMARTS) is 1. The first-order valence-electron chi connectivity index (χ1n) is 7.00. The largest absolute Gasteiger partial charge is 0.477 e. The third-order valence-corrected chi connectivity index (χ3v) is 5.54. The second-order valence-electron chi connectivity index (χ2n) is 5.27. The van der Waals surface area contributed by atoms with Gasteiger partial charge in [-0.2, -0.15) is 0 Å². The summed E-state index contributed by atoms with van der Waals surface area (Å²) in [5.74, 6) is -1.55. The number of carbonyl (C=O) groups is 3. The molecule has 0 spiro atoms. The van der Waals surface area contributed by atoms with Crippen LogP contribution in [0.4, 0.5) is 0 Å². The van der Waals surface area contributed by atoms with Crippen LogP contribution in [0.1, 0.15) is 12.7 Å². The van der Waals surface area contributed by atoms with E-state index in [-0.39, 0.29) is 18.0 Å². The van der Waals surface area contributed by atoms with E-state index in [4.69, 9.17) is 16.0 Å². The smallest absolute Gasteiger partial charge is 0.352 e. The number of aliphatic carboxylic acids is 1. The van der Waals surface area contributed by atoms with Gasteiger partial charge in [0.1, 0.15) is 22.9 Å². The number of carboxylic acids is 1. The van der Waals surface area contributed by atoms with Crippen molar-refractivity contribution in [3.8, 4) is 0 Å². The fourth-order valence-corrected chi connectivity index (χ4v) is 4.18. The van der Waals surface area contributed by atoms with Crippen molar-refractivity contribution >= 4 is 41.1 Å². The fourth-order valence-electron chi connectivity index (χ4n) is 2.64. The summed E-state index contributed by atoms with van der Waals surface area (Å²) in [7, 11) is 0. The maximum atomic E-state index is 12.3. The zero-order valence-corrected chi connectivity index (χ0v) is 14.1. The van der Waals surface area contributed by atoms with Gasteiger partial charge in [-0.3, -0.25) is 14.5 Å². The van der Waals surface area contributed by atoms with E-state index in [1.807, 2.05) is 0 Å². The maximum Gasteiger partial charge on any atom is 0.352 e. The van der Waals surface area contributed by atoms with Gasteiger partial charge in [0, 0.05) is 10.4 Å². The van der Waals surface area contributed by atoms with Crippen molar-refractivity contribution in [1.82, 2.24) is 10.2 Å². The van der Waals surface area contributed by atoms with Gasteiger partial charge in [-0.05, 0) is 24.6 Å². The molecule has 1 aromatic rings. The van der Waals surface area contributed by atoms with E-state index < -0.39 is 23.3 Å². The molecule has 3 heterocycles. The van der Waals surface area contributed by atoms with Gasteiger partial charge in [0.25, 0.3) is 5.91 Å². The minimum Gasteiger partial charge on any atom is -0.477 e. The topological polar surface area (TPSA) is 99.9 Å². The third kappa shape index (κ3) is 2.71. The summed E-state index contributed by atoms with van der Waals surface area (Å²) in [5, 5.41) is 11.5. The molecule has 0 aromatic carbocycles. The normalized spacial score (nSPS) is 24.7. The Morgan fingerprint density at radius 2 is 2.29 bits per heavy atom. The van der Waals surface area contributed by atoms with Gasteiger partial charge < -0.3 is 14.8 Å². The number of furan rings is 1. The summed E-state index contributed by atoms with van der Waals surface area (Å²) in [4.78, 5) is 37.6. The van der Waals surface area contributed by atoms with Crippen molar-refractivity contribution in [1.29, 1.82) is 0 Å². The lowest BCUT2D eigenvalue weighted by Crippen LogP contribution is -2.70. The number of nitrogens with zero attached hydrogens (tertiary/aromatic N) is 1. The van der Waals surface area contributed by atoms with Crippen LogP contribution < -0.4 is 5.32 Å². The molecule has 2 aliphatic heterocycles. The Morgan fingerprint density at radius 1 is 1.54 bits per heavy atom. The van der Waals surface area contributed by atoms with E-state index in [0.717, 1.165) is 0 Å². The van der Waals surface area contributed by atoms with Gasteiger partial charge in [0.15, 0.2) is 0 Å². The lowest BCUT2D eigenvalue weighted by molar-refractivity contribution is -0.150. The molecule has 0 bridgehead atoms. The number of fused-ring (bicyclic) bond motifs is 1. The Morgan fingerprint density at radius 3 is 2.88 bits per heavy atom. The molecule has 0 saturated carbocycles. The van der Waals surface area contributed by atoms with Crippen molar-refractivity contribution in [3.63, 3.8) is 0 Å². The molecule has 9 heteroatoms. The monoisotopic (exact) mass is 368 g/mol. The average Bonchev–Trinajstić information content (AvgIpc) is 3.04. The van der Waals surface area contributed by atoms with Crippen LogP contribution in [-0.2, 0) is 20.8 Å². The Hall–Kier alpha value is -2.19. The Labute approximate surface area is 146 Å². The number of β-lactam (4-membered cyclic amide) rings is 1. The van der Waals surface area contributed by atoms with Crippen LogP contribution in [0, 0.1) is 0 Å². The van der Waals surface area contributed by atoms with E-state index in [1.54, 1.807) is 19.1 Å². The number of hydrogen-bond acceptors (Lipinski definition) is 5. The molecule has 2 atom stereocenters. The van der Waals surface area contributed by atoms with E-state index >= 15 is 0 Å². The number of halogens is 1. The number of rotatable bonds is 4. The molecule has 126 valence electrons. The van der Waals surface area contributed by atoms with Gasteiger partial charge in [-0.25, -0.2) is 4.79 Å². The van der Waals surface area contributed by atoms with Crippen molar-refractivity contribution in [2.24, 2.45) is 0 Å². The molecule has 2 aliphatic rings. The van der Waals surface area contributed by atoms with E-state index in [2.05, 4.69) is 5.32 Å². The second kappa shape index (κ2) is 6.37. The highest BCUT2D eigenvalue weighted by atomic mass is 35.5. The van der Waals surface area contributed by atoms with Crippen molar-refractivity contribution in [2.75, 3.05) is 0 Å². The first-order chi connectivity index (χ1) is 11.4. The molecular weight excluding hydrogens is 356 g/mol. The van der Waals surface area contributed by atoms with Crippen LogP contribution in [0.2, 0.25) is 0 Å². The fraction of sp³-hybridized carbons (Fsp3) is 0.267. The minimum atomic E-state index is -1.21. The van der Waals surface area contributed by atoms with Crippen LogP contribution in [0.25, 0.3) is 0 Å². The SMILES string of the molecule is CC1=C(C(=O)O)N2C(=O)C(NC(=O)Cc3ccco3)[C@@H]2SC1=CCl. The average molecular weight is 369 g/mol. The number of nitrogens with one attached hydrogen (secondary N) is 1. The summed E-state index contributed by atoms with van der Waals surface area (Å²) in [6.45, 7) is 1.59. The van der Waals surface area contributed by atoms with Crippen LogP contribution in [0.5, 0.6) is 0 Å². The van der Waals surface area contributed by atoms with Gasteiger partial charge in [-0.15, -0.1) is 0 Å². The van der Waals surface area contributed by atoms with Crippen molar-refractivity contribution in [2.45, 2.75) is 24.8 Å². The Balaban J connectivity index is 1.77. The van der Waals surface area contributed by atoms with Crippen molar-refractivity contribution in [3.05, 3.63) is 45.9 Å². The highest BCUT2D eigenvalue weighted by Gasteiger charge is 2.54. The summed E-state index contributed by atoms with van der Waals surface area (Å²) in [5.41, 5.74) is 1.60. The number of allylic oxidation sites excluding steroid dienone is 1. The maximum absolute atomic E-state index is 12.3. The van der Waals surface area contributed by atoms with Gasteiger partial charge in [0.05, 0.1) is 12.7 Å². The van der Waals surface area contributed by atoms with Crippen LogP contribution >= 0.6 is 23.4 Å². The molecule has 0 aliphatic carbocycles. The van der Waals surface area contributed by atoms with Crippen LogP contribution in [0.3, 0.4) is 0 Å². The molecule has 1 saturated heterocycles. The van der Waals surface area contributed by atoms with Crippen molar-refractivity contribution < 1.29 is 23.9 Å². The molecule has 2 amide bonds. The molecule has 1 fully saturated rings. The predicted molar refractivity (Wildman–Crippen MR) is 86.8 cm³/mol. The zero-order chi connectivity index (χ0) is 17.4. The highest BCUT2D eigenvalue weighted by Crippen LogP contribution is 2.46. The van der Waals surface area contributed by atoms with Crippen LogP contribution in [0.15, 0.2) is 44.5 Å². The summed E-state index contributed by atoms with van der Waals surface area (Å²) >= 11 is 7.00. The quantitative estimate of drug-likeness (QED) is 0.784. The molecule has 2 N–H and O–H groups in total. The van der Waals surface area contributed by atoms with E-state index in [1.165, 1.54) is 28.5 Å². The van der Waals surface area contributed by atoms with E-state index in [9.17, 15) is 19.5 Å². The number of carbonyl (C=O) groups excluding carboxylic acids is 2. The standard InChI is InChI=1S/C15H13ClN2O5S/c1-7-9(6-16)24-14-11(13(20)18(14)12(7)15(21)22)17-10(19)5-8-3-2-4-23-8/h2-4,6,11,14H,5H2,1H3,(H,17,19)(H,21,22)/t11?,14-/m0/s1. The molecule has 7 nitrogen and oxygen atoms in total. The lowest BCUT2D eigenvalue weighted by Gasteiger charge is -2.49. The molecule has 1 aromatic heterocycles. The van der Waals surface area contributed by atoms with Gasteiger partial charge >= 0.3 is 5.97 Å². The van der Waals surface area contributed by atoms with Crippen LogP contribution in [-0.4, -0.2) is 39.2 Å². The van der Waals surface area contributed by atoms with Gasteiger partial charge in [0.2, 0.25) is 5.91 Å². The second-order valence-corrected chi connectivity index (χ2v) is 6.65. The summed E-state index contributed by atoms with van der Waals surface area (Å²) < 4.78 is 5.09. The zero-order valence-electron chi connectivity index (χ0n) is 12.5. The summed E-state index contributed by atoms with van der Waals surface area (Å²) in [6.07, 6.45) is 1.47. The number of amides is 2. The van der Waals surface area contributed by atoms with E-state index in [0.29, 0.717) is 16.2 Å². The summed E-state index contributed by atoms with van der Waals surface area (Å²) in [6, 6.07) is 2.53. The molecule has 0 radical (unpaired) electrons.